The van der Waals surface area contributed by atoms with Crippen molar-refractivity contribution in [3.05, 3.63) is 28.7 Å². The van der Waals surface area contributed by atoms with Crippen LogP contribution in [0.15, 0.2) is 28.7 Å². The summed E-state index contributed by atoms with van der Waals surface area (Å²) in [5.74, 6) is 0. The fraction of sp³-hybridized carbons (Fsp3) is 0.250. The van der Waals surface area contributed by atoms with Gasteiger partial charge in [-0.1, -0.05) is 53.2 Å². The maximum Gasteiger partial charge on any atom is 0.169 e. The maximum atomic E-state index is 3.43. The molecule has 0 amide bonds. The van der Waals surface area contributed by atoms with Gasteiger partial charge in [0.15, 0.2) is 6.71 Å². The van der Waals surface area contributed by atoms with Gasteiger partial charge >= 0.3 is 0 Å². The highest BCUT2D eigenvalue weighted by Crippen LogP contribution is 2.05. The SMILES string of the molecule is CB(C)c1cccc(Br)c1. The largest absolute Gasteiger partial charge is 0.169 e. The molecule has 1 aromatic rings. The summed E-state index contributed by atoms with van der Waals surface area (Å²) in [7, 11) is 0. The zero-order valence-electron chi connectivity index (χ0n) is 6.26. The maximum absolute atomic E-state index is 3.43. The first-order valence-corrected chi connectivity index (χ1v) is 4.25. The van der Waals surface area contributed by atoms with E-state index in [1.165, 1.54) is 9.94 Å². The molecule has 1 aromatic carbocycles. The average molecular weight is 197 g/mol. The van der Waals surface area contributed by atoms with Crippen molar-refractivity contribution >= 4 is 28.1 Å². The molecule has 0 spiro atoms. The smallest absolute Gasteiger partial charge is 0.0819 e. The van der Waals surface area contributed by atoms with E-state index < -0.39 is 0 Å². The molecule has 0 aliphatic carbocycles. The van der Waals surface area contributed by atoms with Crippen LogP contribution in [0.1, 0.15) is 0 Å². The van der Waals surface area contributed by atoms with E-state index in [1.54, 1.807) is 0 Å². The minimum absolute atomic E-state index is 0.623. The van der Waals surface area contributed by atoms with Gasteiger partial charge < -0.3 is 0 Å². The molecule has 0 radical (unpaired) electrons. The fourth-order valence-electron chi connectivity index (χ4n) is 0.866. The third kappa shape index (κ3) is 1.88. The molecule has 2 heteroatoms. The number of hydrogen-bond acceptors (Lipinski definition) is 0. The van der Waals surface area contributed by atoms with E-state index in [1.807, 2.05) is 6.07 Å². The van der Waals surface area contributed by atoms with Crippen LogP contribution in [0, 0.1) is 0 Å². The van der Waals surface area contributed by atoms with Crippen molar-refractivity contribution < 1.29 is 0 Å². The molecule has 0 bridgehead atoms. The molecule has 0 aliphatic heterocycles. The summed E-state index contributed by atoms with van der Waals surface area (Å²) in [6.45, 7) is 5.02. The van der Waals surface area contributed by atoms with E-state index in [9.17, 15) is 0 Å². The third-order valence-corrected chi connectivity index (χ3v) is 2.01. The predicted octanol–water partition coefficient (Wildman–Crippen LogP) is 2.41. The molecule has 0 unspecified atom stereocenters. The topological polar surface area (TPSA) is 0 Å². The standard InChI is InChI=1S/C8H10BBr/c1-9(2)7-4-3-5-8(10)6-7/h3-6H,1-2H3. The molecular weight excluding hydrogens is 187 g/mol. The van der Waals surface area contributed by atoms with E-state index in [-0.39, 0.29) is 0 Å². The van der Waals surface area contributed by atoms with Gasteiger partial charge in [-0.25, -0.2) is 0 Å². The zero-order chi connectivity index (χ0) is 7.56. The predicted molar refractivity (Wildman–Crippen MR) is 51.3 cm³/mol. The Kier molecular flexibility index (Phi) is 2.55. The highest BCUT2D eigenvalue weighted by atomic mass is 79.9. The van der Waals surface area contributed by atoms with Crippen molar-refractivity contribution in [2.75, 3.05) is 0 Å². The van der Waals surface area contributed by atoms with Gasteiger partial charge in [-0.05, 0) is 6.07 Å². The highest BCUT2D eigenvalue weighted by Gasteiger charge is 2.00. The lowest BCUT2D eigenvalue weighted by molar-refractivity contribution is 1.68. The molecule has 0 aliphatic rings. The first-order chi connectivity index (χ1) is 4.70. The number of hydrogen-bond donors (Lipinski definition) is 0. The average Bonchev–Trinajstić information content (AvgIpc) is 1.88. The summed E-state index contributed by atoms with van der Waals surface area (Å²) < 4.78 is 1.17. The fourth-order valence-corrected chi connectivity index (χ4v) is 1.28. The van der Waals surface area contributed by atoms with Crippen LogP contribution in [0.4, 0.5) is 0 Å². The molecule has 0 fully saturated rings. The van der Waals surface area contributed by atoms with Crippen LogP contribution in [-0.4, -0.2) is 6.71 Å². The Balaban J connectivity index is 2.96. The Morgan fingerprint density at radius 2 is 2.00 bits per heavy atom. The second kappa shape index (κ2) is 3.24. The van der Waals surface area contributed by atoms with Gasteiger partial charge in [-0.3, -0.25) is 0 Å². The van der Waals surface area contributed by atoms with Gasteiger partial charge in [-0.15, -0.1) is 0 Å². The molecule has 0 atom stereocenters. The number of rotatable bonds is 1. The van der Waals surface area contributed by atoms with Crippen LogP contribution in [0.2, 0.25) is 13.6 Å². The minimum Gasteiger partial charge on any atom is -0.0819 e. The summed E-state index contributed by atoms with van der Waals surface area (Å²) in [4.78, 5) is 0. The minimum atomic E-state index is 0.623. The Hall–Kier alpha value is -0.235. The number of benzene rings is 1. The van der Waals surface area contributed by atoms with E-state index in [0.717, 1.165) is 0 Å². The Morgan fingerprint density at radius 3 is 2.40 bits per heavy atom. The van der Waals surface area contributed by atoms with Crippen molar-refractivity contribution in [1.82, 2.24) is 0 Å². The van der Waals surface area contributed by atoms with Crippen molar-refractivity contribution in [2.45, 2.75) is 13.6 Å². The van der Waals surface area contributed by atoms with Gasteiger partial charge in [0.1, 0.15) is 0 Å². The molecule has 0 heterocycles. The summed E-state index contributed by atoms with van der Waals surface area (Å²) >= 11 is 3.43. The van der Waals surface area contributed by atoms with Crippen LogP contribution < -0.4 is 5.46 Å². The van der Waals surface area contributed by atoms with Gasteiger partial charge in [-0.2, -0.15) is 0 Å². The molecule has 0 nitrogen and oxygen atoms in total. The van der Waals surface area contributed by atoms with E-state index in [4.69, 9.17) is 0 Å². The molecule has 52 valence electrons. The Morgan fingerprint density at radius 1 is 1.30 bits per heavy atom. The lowest BCUT2D eigenvalue weighted by Gasteiger charge is -2.00. The van der Waals surface area contributed by atoms with Crippen molar-refractivity contribution in [3.63, 3.8) is 0 Å². The van der Waals surface area contributed by atoms with E-state index >= 15 is 0 Å². The molecule has 0 saturated carbocycles. The molecule has 1 rings (SSSR count). The Labute approximate surface area is 70.9 Å². The quantitative estimate of drug-likeness (QED) is 0.606. The van der Waals surface area contributed by atoms with Crippen LogP contribution in [-0.2, 0) is 0 Å². The van der Waals surface area contributed by atoms with Crippen molar-refractivity contribution in [2.24, 2.45) is 0 Å². The van der Waals surface area contributed by atoms with Crippen LogP contribution >= 0.6 is 15.9 Å². The molecule has 0 aromatic heterocycles. The monoisotopic (exact) mass is 196 g/mol. The third-order valence-electron chi connectivity index (χ3n) is 1.52. The lowest BCUT2D eigenvalue weighted by atomic mass is 9.49. The second-order valence-electron chi connectivity index (χ2n) is 2.71. The first-order valence-electron chi connectivity index (χ1n) is 3.45. The number of halogens is 1. The second-order valence-corrected chi connectivity index (χ2v) is 3.63. The molecule has 10 heavy (non-hydrogen) atoms. The van der Waals surface area contributed by atoms with Gasteiger partial charge in [0, 0.05) is 4.47 Å². The summed E-state index contributed by atoms with van der Waals surface area (Å²) in [5, 5.41) is 0. The van der Waals surface area contributed by atoms with Crippen LogP contribution in [0.5, 0.6) is 0 Å². The normalized spacial score (nSPS) is 9.50. The molecular formula is C8H10BBr. The Bertz CT molecular complexity index is 220. The van der Waals surface area contributed by atoms with Crippen molar-refractivity contribution in [3.8, 4) is 0 Å². The summed E-state index contributed by atoms with van der Waals surface area (Å²) in [6.07, 6.45) is 0. The van der Waals surface area contributed by atoms with Crippen LogP contribution in [0.3, 0.4) is 0 Å². The molecule has 0 N–H and O–H groups in total. The van der Waals surface area contributed by atoms with Crippen LogP contribution in [0.25, 0.3) is 0 Å². The summed E-state index contributed by atoms with van der Waals surface area (Å²) in [6, 6.07) is 8.42. The van der Waals surface area contributed by atoms with Gasteiger partial charge in [0.05, 0.1) is 0 Å². The lowest BCUT2D eigenvalue weighted by Crippen LogP contribution is -2.21. The zero-order valence-corrected chi connectivity index (χ0v) is 7.85. The summed E-state index contributed by atoms with van der Waals surface area (Å²) in [5.41, 5.74) is 1.38. The van der Waals surface area contributed by atoms with Gasteiger partial charge in [0.25, 0.3) is 0 Å². The van der Waals surface area contributed by atoms with Crippen molar-refractivity contribution in [1.29, 1.82) is 0 Å². The first kappa shape index (κ1) is 7.87. The molecule has 0 saturated heterocycles. The van der Waals surface area contributed by atoms with E-state index in [0.29, 0.717) is 6.71 Å². The highest BCUT2D eigenvalue weighted by molar-refractivity contribution is 9.10. The van der Waals surface area contributed by atoms with Gasteiger partial charge in [0.2, 0.25) is 0 Å². The van der Waals surface area contributed by atoms with E-state index in [2.05, 4.69) is 47.8 Å².